The lowest BCUT2D eigenvalue weighted by molar-refractivity contribution is -0.123. The average molecular weight is 308 g/mol. The van der Waals surface area contributed by atoms with Crippen LogP contribution in [0.3, 0.4) is 0 Å². The van der Waals surface area contributed by atoms with Crippen LogP contribution in [0.25, 0.3) is 0 Å². The fraction of sp³-hybridized carbons (Fsp3) is 0.625. The smallest absolute Gasteiger partial charge is 0.220 e. The van der Waals surface area contributed by atoms with Crippen LogP contribution in [0.1, 0.15) is 38.5 Å². The van der Waals surface area contributed by atoms with Crippen LogP contribution < -0.4 is 10.2 Å². The number of anilines is 1. The predicted octanol–water partition coefficient (Wildman–Crippen LogP) is 3.01. The van der Waals surface area contributed by atoms with Gasteiger partial charge in [0.1, 0.15) is 5.82 Å². The first-order valence-electron chi connectivity index (χ1n) is 7.86. The molecule has 1 aromatic rings. The molecule has 1 amide bonds. The van der Waals surface area contributed by atoms with Gasteiger partial charge < -0.3 is 10.2 Å². The van der Waals surface area contributed by atoms with Crippen LogP contribution in [0.5, 0.6) is 0 Å². The Morgan fingerprint density at radius 3 is 2.62 bits per heavy atom. The van der Waals surface area contributed by atoms with E-state index in [0.717, 1.165) is 44.6 Å². The summed E-state index contributed by atoms with van der Waals surface area (Å²) >= 11 is 5.86. The summed E-state index contributed by atoms with van der Waals surface area (Å²) in [5.74, 6) is 1.73. The molecule has 1 saturated carbocycles. The number of piperidine rings is 1. The van der Waals surface area contributed by atoms with E-state index < -0.39 is 0 Å². The van der Waals surface area contributed by atoms with Crippen LogP contribution >= 0.6 is 11.6 Å². The zero-order chi connectivity index (χ0) is 14.7. The Hall–Kier alpha value is -1.29. The van der Waals surface area contributed by atoms with E-state index >= 15 is 0 Å². The van der Waals surface area contributed by atoms with E-state index in [0.29, 0.717) is 23.4 Å². The fourth-order valence-corrected chi connectivity index (χ4v) is 3.13. The highest BCUT2D eigenvalue weighted by atomic mass is 35.5. The van der Waals surface area contributed by atoms with Crippen molar-refractivity contribution >= 4 is 23.3 Å². The van der Waals surface area contributed by atoms with Crippen molar-refractivity contribution in [1.29, 1.82) is 0 Å². The summed E-state index contributed by atoms with van der Waals surface area (Å²) in [6, 6.07) is 4.30. The third-order valence-corrected chi connectivity index (χ3v) is 4.82. The molecule has 2 fully saturated rings. The van der Waals surface area contributed by atoms with Gasteiger partial charge in [-0.05, 0) is 50.2 Å². The number of rotatable bonds is 4. The molecule has 114 valence electrons. The number of carbonyl (C=O) groups is 1. The van der Waals surface area contributed by atoms with Gasteiger partial charge in [-0.25, -0.2) is 4.98 Å². The normalized spacial score (nSPS) is 20.1. The number of amides is 1. The van der Waals surface area contributed by atoms with Crippen LogP contribution in [-0.2, 0) is 4.79 Å². The standard InChI is InChI=1S/C16H22ClN3O/c17-13-4-5-15(18-11-13)20-8-6-12(7-9-20)10-16(21)19-14-2-1-3-14/h4-5,11-12,14H,1-3,6-10H2,(H,19,21). The van der Waals surface area contributed by atoms with E-state index in [1.165, 1.54) is 6.42 Å². The minimum absolute atomic E-state index is 0.239. The Morgan fingerprint density at radius 2 is 2.05 bits per heavy atom. The maximum absolute atomic E-state index is 12.0. The first-order chi connectivity index (χ1) is 10.2. The number of nitrogens with one attached hydrogen (secondary N) is 1. The van der Waals surface area contributed by atoms with Crippen molar-refractivity contribution in [3.05, 3.63) is 23.4 Å². The summed E-state index contributed by atoms with van der Waals surface area (Å²) in [7, 11) is 0. The number of carbonyl (C=O) groups excluding carboxylic acids is 1. The van der Waals surface area contributed by atoms with Crippen LogP contribution in [-0.4, -0.2) is 30.0 Å². The van der Waals surface area contributed by atoms with Crippen molar-refractivity contribution in [3.8, 4) is 0 Å². The van der Waals surface area contributed by atoms with Crippen molar-refractivity contribution < 1.29 is 4.79 Å². The minimum atomic E-state index is 0.239. The lowest BCUT2D eigenvalue weighted by Crippen LogP contribution is -2.41. The number of hydrogen-bond acceptors (Lipinski definition) is 3. The Morgan fingerprint density at radius 1 is 1.29 bits per heavy atom. The second-order valence-corrected chi connectivity index (χ2v) is 6.60. The zero-order valence-electron chi connectivity index (χ0n) is 12.2. The van der Waals surface area contributed by atoms with Crippen LogP contribution in [0.4, 0.5) is 5.82 Å². The van der Waals surface area contributed by atoms with Gasteiger partial charge in [-0.3, -0.25) is 4.79 Å². The molecule has 1 aliphatic carbocycles. The van der Waals surface area contributed by atoms with E-state index in [4.69, 9.17) is 11.6 Å². The monoisotopic (exact) mass is 307 g/mol. The van der Waals surface area contributed by atoms with Gasteiger partial charge in [-0.15, -0.1) is 0 Å². The summed E-state index contributed by atoms with van der Waals surface area (Å²) in [5.41, 5.74) is 0. The van der Waals surface area contributed by atoms with Crippen molar-refractivity contribution in [2.45, 2.75) is 44.6 Å². The molecule has 5 heteroatoms. The maximum Gasteiger partial charge on any atom is 0.220 e. The largest absolute Gasteiger partial charge is 0.357 e. The number of nitrogens with zero attached hydrogens (tertiary/aromatic N) is 2. The van der Waals surface area contributed by atoms with Gasteiger partial charge in [0.15, 0.2) is 0 Å². The van der Waals surface area contributed by atoms with Gasteiger partial charge in [0.25, 0.3) is 0 Å². The highest BCUT2D eigenvalue weighted by molar-refractivity contribution is 6.30. The third-order valence-electron chi connectivity index (χ3n) is 4.59. The first kappa shape index (κ1) is 14.6. The van der Waals surface area contributed by atoms with E-state index in [1.54, 1.807) is 6.20 Å². The molecule has 1 aliphatic heterocycles. The van der Waals surface area contributed by atoms with Crippen LogP contribution in [0, 0.1) is 5.92 Å². The average Bonchev–Trinajstić information content (AvgIpc) is 2.45. The van der Waals surface area contributed by atoms with Gasteiger partial charge in [-0.1, -0.05) is 11.6 Å². The summed E-state index contributed by atoms with van der Waals surface area (Å²) < 4.78 is 0. The summed E-state index contributed by atoms with van der Waals surface area (Å²) in [5, 5.41) is 3.80. The SMILES string of the molecule is O=C(CC1CCN(c2ccc(Cl)cn2)CC1)NC1CCC1. The van der Waals surface area contributed by atoms with Gasteiger partial charge >= 0.3 is 0 Å². The predicted molar refractivity (Wildman–Crippen MR) is 84.6 cm³/mol. The highest BCUT2D eigenvalue weighted by Gasteiger charge is 2.24. The van der Waals surface area contributed by atoms with E-state index in [9.17, 15) is 4.79 Å². The second kappa shape index (κ2) is 6.65. The van der Waals surface area contributed by atoms with Gasteiger partial charge in [0.2, 0.25) is 5.91 Å². The quantitative estimate of drug-likeness (QED) is 0.930. The van der Waals surface area contributed by atoms with Gasteiger partial charge in [0.05, 0.1) is 5.02 Å². The van der Waals surface area contributed by atoms with E-state index in [2.05, 4.69) is 15.2 Å². The summed E-state index contributed by atoms with van der Waals surface area (Å²) in [6.07, 6.45) is 8.06. The van der Waals surface area contributed by atoms with Crippen molar-refractivity contribution in [2.24, 2.45) is 5.92 Å². The number of pyridine rings is 1. The van der Waals surface area contributed by atoms with E-state index in [-0.39, 0.29) is 5.91 Å². The number of aromatic nitrogens is 1. The molecule has 0 aromatic carbocycles. The third kappa shape index (κ3) is 3.88. The Kier molecular flexibility index (Phi) is 4.63. The van der Waals surface area contributed by atoms with Crippen molar-refractivity contribution in [1.82, 2.24) is 10.3 Å². The zero-order valence-corrected chi connectivity index (χ0v) is 13.0. The Bertz CT molecular complexity index is 479. The molecule has 3 rings (SSSR count). The Labute approximate surface area is 130 Å². The highest BCUT2D eigenvalue weighted by Crippen LogP contribution is 2.25. The first-order valence-corrected chi connectivity index (χ1v) is 8.24. The molecule has 2 heterocycles. The molecular weight excluding hydrogens is 286 g/mol. The summed E-state index contributed by atoms with van der Waals surface area (Å²) in [4.78, 5) is 18.6. The molecule has 0 atom stereocenters. The second-order valence-electron chi connectivity index (χ2n) is 6.16. The molecule has 0 bridgehead atoms. The molecule has 4 nitrogen and oxygen atoms in total. The maximum atomic E-state index is 12.0. The Balaban J connectivity index is 1.44. The molecular formula is C16H22ClN3O. The molecule has 0 spiro atoms. The van der Waals surface area contributed by atoms with Crippen molar-refractivity contribution in [2.75, 3.05) is 18.0 Å². The number of hydrogen-bond donors (Lipinski definition) is 1. The molecule has 2 aliphatic rings. The molecule has 1 saturated heterocycles. The van der Waals surface area contributed by atoms with Crippen LogP contribution in [0.15, 0.2) is 18.3 Å². The fourth-order valence-electron chi connectivity index (χ4n) is 3.02. The van der Waals surface area contributed by atoms with Crippen LogP contribution in [0.2, 0.25) is 5.02 Å². The van der Waals surface area contributed by atoms with E-state index in [1.807, 2.05) is 12.1 Å². The molecule has 0 unspecified atom stereocenters. The minimum Gasteiger partial charge on any atom is -0.357 e. The number of halogens is 1. The lowest BCUT2D eigenvalue weighted by Gasteiger charge is -2.33. The van der Waals surface area contributed by atoms with Gasteiger partial charge in [-0.2, -0.15) is 0 Å². The molecule has 1 N–H and O–H groups in total. The molecule has 21 heavy (non-hydrogen) atoms. The van der Waals surface area contributed by atoms with Gasteiger partial charge in [0, 0.05) is 31.7 Å². The topological polar surface area (TPSA) is 45.2 Å². The lowest BCUT2D eigenvalue weighted by atomic mass is 9.90. The molecule has 0 radical (unpaired) electrons. The van der Waals surface area contributed by atoms with Crippen molar-refractivity contribution in [3.63, 3.8) is 0 Å². The summed E-state index contributed by atoms with van der Waals surface area (Å²) in [6.45, 7) is 1.94. The molecule has 1 aromatic heterocycles.